The first-order valence-corrected chi connectivity index (χ1v) is 9.71. The summed E-state index contributed by atoms with van der Waals surface area (Å²) in [6.45, 7) is 5.08. The van der Waals surface area contributed by atoms with Crippen molar-refractivity contribution in [3.63, 3.8) is 0 Å². The van der Waals surface area contributed by atoms with Gasteiger partial charge in [0.2, 0.25) is 0 Å². The van der Waals surface area contributed by atoms with Crippen molar-refractivity contribution in [3.8, 4) is 0 Å². The molecule has 0 saturated heterocycles. The lowest BCUT2D eigenvalue weighted by molar-refractivity contribution is 0.192. The molecule has 2 N–H and O–H groups in total. The summed E-state index contributed by atoms with van der Waals surface area (Å²) in [5.41, 5.74) is 1.57. The number of allylic oxidation sites excluding steroid dienone is 2. The zero-order chi connectivity index (χ0) is 13.7. The maximum absolute atomic E-state index is 9.55. The van der Waals surface area contributed by atoms with Gasteiger partial charge in [0.25, 0.3) is 0 Å². The molecule has 2 nitrogen and oxygen atoms in total. The smallest absolute Gasteiger partial charge is 0.0520 e. The minimum Gasteiger partial charge on any atom is -0.393 e. The molecule has 0 bridgehead atoms. The summed E-state index contributed by atoms with van der Waals surface area (Å²) in [6.07, 6.45) is 10.0. The molecule has 1 heterocycles. The minimum atomic E-state index is -0.957. The van der Waals surface area contributed by atoms with E-state index in [0.29, 0.717) is 0 Å². The number of rotatable bonds is 6. The molecule has 3 heteroatoms. The Morgan fingerprint density at radius 2 is 2.11 bits per heavy atom. The predicted molar refractivity (Wildman–Crippen MR) is 86.2 cm³/mol. The third-order valence-electron chi connectivity index (χ3n) is 4.21. The molecule has 19 heavy (non-hydrogen) atoms. The number of nitrogens with one attached hydrogen (secondary N) is 1. The molecule has 2 atom stereocenters. The van der Waals surface area contributed by atoms with E-state index in [1.807, 2.05) is 6.92 Å². The van der Waals surface area contributed by atoms with Crippen LogP contribution in [0.25, 0.3) is 0 Å². The Bertz CT molecular complexity index is 345. The quantitative estimate of drug-likeness (QED) is 0.770. The van der Waals surface area contributed by atoms with Crippen LogP contribution in [0.2, 0.25) is 0 Å². The third-order valence-corrected chi connectivity index (χ3v) is 7.26. The van der Waals surface area contributed by atoms with Gasteiger partial charge < -0.3 is 5.11 Å². The number of hydrogen-bond acceptors (Lipinski definition) is 2. The van der Waals surface area contributed by atoms with Gasteiger partial charge in [-0.1, -0.05) is 32.3 Å². The molecule has 2 rings (SSSR count). The molecule has 1 saturated carbocycles. The van der Waals surface area contributed by atoms with Crippen LogP contribution in [0.5, 0.6) is 0 Å². The van der Waals surface area contributed by atoms with E-state index in [0.717, 1.165) is 24.6 Å². The van der Waals surface area contributed by atoms with Gasteiger partial charge in [0.15, 0.2) is 0 Å². The second kappa shape index (κ2) is 6.96. The van der Waals surface area contributed by atoms with Crippen molar-refractivity contribution in [1.29, 1.82) is 0 Å². The van der Waals surface area contributed by atoms with Crippen molar-refractivity contribution in [1.82, 2.24) is 4.72 Å². The Hall–Kier alpha value is -0.250. The fraction of sp³-hybridized carbons (Fsp3) is 0.750. The summed E-state index contributed by atoms with van der Waals surface area (Å²) in [4.78, 5) is 0. The van der Waals surface area contributed by atoms with E-state index in [4.69, 9.17) is 0 Å². The van der Waals surface area contributed by atoms with Crippen LogP contribution in [0.1, 0.15) is 52.4 Å². The molecule has 110 valence electrons. The Morgan fingerprint density at radius 3 is 2.74 bits per heavy atom. The molecule has 1 fully saturated rings. The first-order valence-electron chi connectivity index (χ1n) is 7.78. The highest BCUT2D eigenvalue weighted by molar-refractivity contribution is 8.37. The summed E-state index contributed by atoms with van der Waals surface area (Å²) < 4.78 is 3.69. The molecule has 0 amide bonds. The van der Waals surface area contributed by atoms with Gasteiger partial charge in [0, 0.05) is 6.54 Å². The largest absolute Gasteiger partial charge is 0.393 e. The molecule has 0 aromatic rings. The lowest BCUT2D eigenvalue weighted by Crippen LogP contribution is -2.21. The Balaban J connectivity index is 2.04. The van der Waals surface area contributed by atoms with Gasteiger partial charge in [0.1, 0.15) is 0 Å². The van der Waals surface area contributed by atoms with Crippen LogP contribution < -0.4 is 4.72 Å². The van der Waals surface area contributed by atoms with E-state index in [9.17, 15) is 5.11 Å². The highest BCUT2D eigenvalue weighted by Crippen LogP contribution is 2.54. The lowest BCUT2D eigenvalue weighted by Gasteiger charge is -2.33. The standard InChI is InChI=1S/C16H29NOS/c1-3-17-19(11-9-14(2)18)12-10-16(13-19)15-7-5-4-6-8-15/h10,12-15,17-18H,3-9,11H2,1-2H3. The summed E-state index contributed by atoms with van der Waals surface area (Å²) in [5.74, 6) is 1.87. The first kappa shape index (κ1) is 15.1. The SMILES string of the molecule is CCNS1(CCC(C)O)C=CC(C2CCCCC2)=C1. The van der Waals surface area contributed by atoms with E-state index >= 15 is 0 Å². The van der Waals surface area contributed by atoms with Crippen molar-refractivity contribution in [2.45, 2.75) is 58.5 Å². The van der Waals surface area contributed by atoms with Crippen LogP contribution in [0, 0.1) is 5.92 Å². The van der Waals surface area contributed by atoms with Crippen LogP contribution in [-0.4, -0.2) is 23.5 Å². The molecule has 0 spiro atoms. The molecule has 2 aliphatic rings. The van der Waals surface area contributed by atoms with Gasteiger partial charge in [-0.15, -0.1) is 10.2 Å². The van der Waals surface area contributed by atoms with E-state index in [-0.39, 0.29) is 6.10 Å². The van der Waals surface area contributed by atoms with Gasteiger partial charge in [-0.25, -0.2) is 0 Å². The molecule has 0 radical (unpaired) electrons. The number of aliphatic hydroxyl groups excluding tert-OH is 1. The summed E-state index contributed by atoms with van der Waals surface area (Å²) in [5, 5.41) is 14.5. The molecular formula is C16H29NOS. The molecule has 0 aromatic heterocycles. The Labute approximate surface area is 119 Å². The first-order chi connectivity index (χ1) is 9.15. The molecular weight excluding hydrogens is 254 g/mol. The summed E-state index contributed by atoms with van der Waals surface area (Å²) in [6, 6.07) is 0. The number of aliphatic hydroxyl groups is 1. The van der Waals surface area contributed by atoms with Gasteiger partial charge in [-0.2, -0.15) is 0 Å². The van der Waals surface area contributed by atoms with Crippen molar-refractivity contribution in [3.05, 3.63) is 22.5 Å². The molecule has 2 unspecified atom stereocenters. The average molecular weight is 283 g/mol. The zero-order valence-corrected chi connectivity index (χ0v) is 13.2. The van der Waals surface area contributed by atoms with Crippen LogP contribution in [-0.2, 0) is 0 Å². The third kappa shape index (κ3) is 4.11. The van der Waals surface area contributed by atoms with Crippen LogP contribution >= 0.6 is 10.2 Å². The maximum Gasteiger partial charge on any atom is 0.0520 e. The van der Waals surface area contributed by atoms with E-state index in [1.54, 1.807) is 5.57 Å². The van der Waals surface area contributed by atoms with Crippen molar-refractivity contribution in [2.24, 2.45) is 5.92 Å². The van der Waals surface area contributed by atoms with E-state index < -0.39 is 10.2 Å². The Kier molecular flexibility index (Phi) is 5.55. The summed E-state index contributed by atoms with van der Waals surface area (Å²) >= 11 is 0. The molecule has 1 aliphatic heterocycles. The van der Waals surface area contributed by atoms with Gasteiger partial charge in [0.05, 0.1) is 6.10 Å². The molecule has 1 aliphatic carbocycles. The topological polar surface area (TPSA) is 32.3 Å². The highest BCUT2D eigenvalue weighted by Gasteiger charge is 2.26. The number of hydrogen-bond donors (Lipinski definition) is 2. The lowest BCUT2D eigenvalue weighted by atomic mass is 9.84. The van der Waals surface area contributed by atoms with Crippen molar-refractivity contribution >= 4 is 10.2 Å². The van der Waals surface area contributed by atoms with Gasteiger partial charge >= 0.3 is 0 Å². The normalized spacial score (nSPS) is 32.9. The highest BCUT2D eigenvalue weighted by atomic mass is 32.3. The van der Waals surface area contributed by atoms with Crippen LogP contribution in [0.4, 0.5) is 0 Å². The fourth-order valence-corrected chi connectivity index (χ4v) is 6.19. The summed E-state index contributed by atoms with van der Waals surface area (Å²) in [7, 11) is -0.957. The van der Waals surface area contributed by atoms with Crippen molar-refractivity contribution < 1.29 is 5.11 Å². The second-order valence-electron chi connectivity index (χ2n) is 5.94. The van der Waals surface area contributed by atoms with Crippen molar-refractivity contribution in [2.75, 3.05) is 12.3 Å². The van der Waals surface area contributed by atoms with Crippen LogP contribution in [0.3, 0.4) is 0 Å². The average Bonchev–Trinajstić information content (AvgIpc) is 2.83. The van der Waals surface area contributed by atoms with E-state index in [1.165, 1.54) is 32.1 Å². The fourth-order valence-electron chi connectivity index (χ4n) is 3.11. The molecule has 0 aromatic carbocycles. The predicted octanol–water partition coefficient (Wildman–Crippen LogP) is 4.08. The zero-order valence-electron chi connectivity index (χ0n) is 12.4. The van der Waals surface area contributed by atoms with Gasteiger partial charge in [-0.3, -0.25) is 4.72 Å². The van der Waals surface area contributed by atoms with Gasteiger partial charge in [-0.05, 0) is 54.2 Å². The second-order valence-corrected chi connectivity index (χ2v) is 8.85. The van der Waals surface area contributed by atoms with E-state index in [2.05, 4.69) is 28.5 Å². The Morgan fingerprint density at radius 1 is 1.37 bits per heavy atom. The minimum absolute atomic E-state index is 0.191. The monoisotopic (exact) mass is 283 g/mol. The maximum atomic E-state index is 9.55. The van der Waals surface area contributed by atoms with Crippen LogP contribution in [0.15, 0.2) is 22.5 Å².